The van der Waals surface area contributed by atoms with Crippen LogP contribution in [0.1, 0.15) is 59.8 Å². The first kappa shape index (κ1) is 18.2. The molecule has 6 nitrogen and oxygen atoms in total. The SMILES string of the molecule is C[C@@H](Nc1ncc2c(n1)CCCC=C2c1ccc2c(c1)OCCNC2=O)C1CC1. The van der Waals surface area contributed by atoms with Crippen LogP contribution in [0.5, 0.6) is 5.75 Å². The Kier molecular flexibility index (Phi) is 4.70. The van der Waals surface area contributed by atoms with E-state index in [1.54, 1.807) is 0 Å². The summed E-state index contributed by atoms with van der Waals surface area (Å²) in [5.41, 5.74) is 4.91. The maximum Gasteiger partial charge on any atom is 0.255 e. The Hall–Kier alpha value is -2.89. The van der Waals surface area contributed by atoms with Crippen molar-refractivity contribution in [2.24, 2.45) is 5.92 Å². The van der Waals surface area contributed by atoms with E-state index in [-0.39, 0.29) is 5.91 Å². The Labute approximate surface area is 170 Å². The number of carbonyl (C=O) groups excluding carboxylic acids is 1. The Bertz CT molecular complexity index is 981. The number of ether oxygens (including phenoxy) is 1. The van der Waals surface area contributed by atoms with Crippen molar-refractivity contribution in [1.82, 2.24) is 15.3 Å². The van der Waals surface area contributed by atoms with Crippen LogP contribution in [0, 0.1) is 5.92 Å². The van der Waals surface area contributed by atoms with Gasteiger partial charge in [0.05, 0.1) is 17.8 Å². The summed E-state index contributed by atoms with van der Waals surface area (Å²) in [5, 5.41) is 6.33. The molecule has 1 aromatic carbocycles. The van der Waals surface area contributed by atoms with Gasteiger partial charge in [-0.3, -0.25) is 4.79 Å². The molecule has 1 fully saturated rings. The van der Waals surface area contributed by atoms with E-state index in [4.69, 9.17) is 9.72 Å². The molecule has 0 spiro atoms. The second-order valence-electron chi connectivity index (χ2n) is 8.15. The molecule has 29 heavy (non-hydrogen) atoms. The molecule has 1 saturated carbocycles. The molecule has 1 amide bonds. The third-order valence-electron chi connectivity index (χ3n) is 5.99. The molecule has 2 aliphatic carbocycles. The van der Waals surface area contributed by atoms with Crippen LogP contribution in [-0.2, 0) is 6.42 Å². The third-order valence-corrected chi connectivity index (χ3v) is 5.99. The van der Waals surface area contributed by atoms with Gasteiger partial charge >= 0.3 is 0 Å². The van der Waals surface area contributed by atoms with E-state index in [0.717, 1.165) is 53.5 Å². The van der Waals surface area contributed by atoms with Gasteiger partial charge in [0, 0.05) is 17.8 Å². The number of amides is 1. The molecule has 0 radical (unpaired) electrons. The van der Waals surface area contributed by atoms with Crippen molar-refractivity contribution in [3.8, 4) is 5.75 Å². The predicted octanol–water partition coefficient (Wildman–Crippen LogP) is 3.58. The van der Waals surface area contributed by atoms with Gasteiger partial charge in [-0.25, -0.2) is 9.97 Å². The first-order chi connectivity index (χ1) is 14.2. The maximum absolute atomic E-state index is 12.2. The second kappa shape index (κ2) is 7.50. The maximum atomic E-state index is 12.2. The highest BCUT2D eigenvalue weighted by Gasteiger charge is 2.28. The second-order valence-corrected chi connectivity index (χ2v) is 8.15. The summed E-state index contributed by atoms with van der Waals surface area (Å²) >= 11 is 0. The molecule has 2 heterocycles. The monoisotopic (exact) mass is 390 g/mol. The highest BCUT2D eigenvalue weighted by Crippen LogP contribution is 2.35. The zero-order chi connectivity index (χ0) is 19.8. The fourth-order valence-electron chi connectivity index (χ4n) is 4.14. The number of benzene rings is 1. The molecule has 1 aliphatic heterocycles. The number of carbonyl (C=O) groups is 1. The van der Waals surface area contributed by atoms with Crippen molar-refractivity contribution < 1.29 is 9.53 Å². The Morgan fingerprint density at radius 3 is 3.03 bits per heavy atom. The predicted molar refractivity (Wildman–Crippen MR) is 112 cm³/mol. The van der Waals surface area contributed by atoms with Gasteiger partial charge in [0.2, 0.25) is 5.95 Å². The molecule has 2 N–H and O–H groups in total. The highest BCUT2D eigenvalue weighted by atomic mass is 16.5. The molecule has 3 aliphatic rings. The Balaban J connectivity index is 1.48. The lowest BCUT2D eigenvalue weighted by atomic mass is 9.96. The summed E-state index contributed by atoms with van der Waals surface area (Å²) < 4.78 is 5.81. The average molecular weight is 390 g/mol. The van der Waals surface area contributed by atoms with Crippen molar-refractivity contribution in [2.75, 3.05) is 18.5 Å². The number of rotatable bonds is 4. The van der Waals surface area contributed by atoms with Gasteiger partial charge in [-0.15, -0.1) is 0 Å². The van der Waals surface area contributed by atoms with Crippen molar-refractivity contribution in [1.29, 1.82) is 0 Å². The van der Waals surface area contributed by atoms with Gasteiger partial charge in [0.15, 0.2) is 0 Å². The van der Waals surface area contributed by atoms with Gasteiger partial charge in [-0.05, 0) is 68.2 Å². The zero-order valence-corrected chi connectivity index (χ0v) is 16.7. The molecule has 6 heteroatoms. The summed E-state index contributed by atoms with van der Waals surface area (Å²) in [6, 6.07) is 6.24. The first-order valence-corrected chi connectivity index (χ1v) is 10.6. The van der Waals surface area contributed by atoms with Crippen LogP contribution in [0.3, 0.4) is 0 Å². The standard InChI is InChI=1S/C23H26N4O2/c1-14(15-6-7-15)26-23-25-13-19-17(4-2-3-5-20(19)27-23)16-8-9-18-21(12-16)29-11-10-24-22(18)28/h4,8-9,12-15H,2-3,5-7,10-11H2,1H3,(H,24,28)(H,25,26,27)/t14-/m1/s1. The molecule has 1 aromatic heterocycles. The van der Waals surface area contributed by atoms with Crippen molar-refractivity contribution in [3.05, 3.63) is 52.9 Å². The number of hydrogen-bond donors (Lipinski definition) is 2. The minimum Gasteiger partial charge on any atom is -0.491 e. The number of fused-ring (bicyclic) bond motifs is 2. The number of aryl methyl sites for hydroxylation is 1. The lowest BCUT2D eigenvalue weighted by Gasteiger charge is -2.16. The summed E-state index contributed by atoms with van der Waals surface area (Å²) in [6.07, 6.45) is 9.79. The van der Waals surface area contributed by atoms with Gasteiger partial charge in [0.25, 0.3) is 5.91 Å². The fourth-order valence-corrected chi connectivity index (χ4v) is 4.14. The molecule has 0 bridgehead atoms. The smallest absolute Gasteiger partial charge is 0.255 e. The largest absolute Gasteiger partial charge is 0.491 e. The Morgan fingerprint density at radius 2 is 2.17 bits per heavy atom. The molecule has 150 valence electrons. The molecule has 5 rings (SSSR count). The van der Waals surface area contributed by atoms with Crippen LogP contribution in [0.25, 0.3) is 5.57 Å². The fraction of sp³-hybridized carbons (Fsp3) is 0.435. The zero-order valence-electron chi connectivity index (χ0n) is 16.7. The minimum absolute atomic E-state index is 0.0804. The number of aromatic nitrogens is 2. The van der Waals surface area contributed by atoms with Crippen molar-refractivity contribution >= 4 is 17.4 Å². The molecule has 1 atom stereocenters. The highest BCUT2D eigenvalue weighted by molar-refractivity contribution is 5.98. The average Bonchev–Trinajstić information content (AvgIpc) is 3.57. The molecule has 2 aromatic rings. The first-order valence-electron chi connectivity index (χ1n) is 10.6. The van der Waals surface area contributed by atoms with Gasteiger partial charge in [0.1, 0.15) is 12.4 Å². The topological polar surface area (TPSA) is 76.1 Å². The molecular weight excluding hydrogens is 364 g/mol. The van der Waals surface area contributed by atoms with Gasteiger partial charge in [-0.1, -0.05) is 12.1 Å². The van der Waals surface area contributed by atoms with E-state index in [2.05, 4.69) is 28.6 Å². The van der Waals surface area contributed by atoms with Crippen LogP contribution in [0.15, 0.2) is 30.5 Å². The summed E-state index contributed by atoms with van der Waals surface area (Å²) in [6.45, 7) is 3.22. The van der Waals surface area contributed by atoms with Crippen molar-refractivity contribution in [3.63, 3.8) is 0 Å². The summed E-state index contributed by atoms with van der Waals surface area (Å²) in [7, 11) is 0. The summed E-state index contributed by atoms with van der Waals surface area (Å²) in [4.78, 5) is 21.7. The van der Waals surface area contributed by atoms with Crippen molar-refractivity contribution in [2.45, 2.75) is 45.1 Å². The van der Waals surface area contributed by atoms with Crippen LogP contribution >= 0.6 is 0 Å². The van der Waals surface area contributed by atoms with E-state index in [1.807, 2.05) is 24.4 Å². The third kappa shape index (κ3) is 3.71. The van der Waals surface area contributed by atoms with Crippen LogP contribution in [-0.4, -0.2) is 35.1 Å². The minimum atomic E-state index is -0.0804. The molecular formula is C23H26N4O2. The van der Waals surface area contributed by atoms with E-state index in [9.17, 15) is 4.79 Å². The van der Waals surface area contributed by atoms with Crippen LogP contribution < -0.4 is 15.4 Å². The lowest BCUT2D eigenvalue weighted by Crippen LogP contribution is -2.24. The summed E-state index contributed by atoms with van der Waals surface area (Å²) in [5.74, 6) is 2.04. The number of hydrogen-bond acceptors (Lipinski definition) is 5. The van der Waals surface area contributed by atoms with Gasteiger partial charge in [-0.2, -0.15) is 0 Å². The molecule has 0 saturated heterocycles. The van der Waals surface area contributed by atoms with E-state index >= 15 is 0 Å². The van der Waals surface area contributed by atoms with E-state index < -0.39 is 0 Å². The lowest BCUT2D eigenvalue weighted by molar-refractivity contribution is 0.0957. The normalized spacial score (nSPS) is 19.5. The molecule has 0 unspecified atom stereocenters. The Morgan fingerprint density at radius 1 is 1.28 bits per heavy atom. The number of nitrogens with zero attached hydrogens (tertiary/aromatic N) is 2. The van der Waals surface area contributed by atoms with Crippen LogP contribution in [0.2, 0.25) is 0 Å². The quantitative estimate of drug-likeness (QED) is 0.835. The van der Waals surface area contributed by atoms with E-state index in [0.29, 0.717) is 30.5 Å². The van der Waals surface area contributed by atoms with Crippen LogP contribution in [0.4, 0.5) is 5.95 Å². The number of anilines is 1. The number of nitrogens with one attached hydrogen (secondary N) is 2. The number of allylic oxidation sites excluding steroid dienone is 1. The van der Waals surface area contributed by atoms with E-state index in [1.165, 1.54) is 12.8 Å². The van der Waals surface area contributed by atoms with Gasteiger partial charge < -0.3 is 15.4 Å².